The molecule has 2 rings (SSSR count). The summed E-state index contributed by atoms with van der Waals surface area (Å²) < 4.78 is 13.9. The van der Waals surface area contributed by atoms with Gasteiger partial charge in [-0.2, -0.15) is 0 Å². The van der Waals surface area contributed by atoms with Crippen molar-refractivity contribution >= 4 is 11.7 Å². The van der Waals surface area contributed by atoms with E-state index in [1.54, 1.807) is 0 Å². The van der Waals surface area contributed by atoms with Gasteiger partial charge >= 0.3 is 0 Å². The van der Waals surface area contributed by atoms with Gasteiger partial charge in [0.2, 0.25) is 0 Å². The number of hydrogen-bond donors (Lipinski definition) is 3. The molecule has 1 saturated carbocycles. The maximum Gasteiger partial charge on any atom is 0.254 e. The molecule has 1 heterocycles. The van der Waals surface area contributed by atoms with E-state index in [2.05, 4.69) is 15.7 Å². The highest BCUT2D eigenvalue weighted by Crippen LogP contribution is 2.19. The van der Waals surface area contributed by atoms with Crippen molar-refractivity contribution in [1.82, 2.24) is 10.3 Å². The van der Waals surface area contributed by atoms with Crippen LogP contribution >= 0.6 is 0 Å². The number of carbonyl (C=O) groups is 1. The number of carbonyl (C=O) groups excluding carboxylic acids is 1. The Morgan fingerprint density at radius 2 is 2.00 bits per heavy atom. The van der Waals surface area contributed by atoms with Gasteiger partial charge in [0.25, 0.3) is 5.91 Å². The number of hydrogen-bond acceptors (Lipinski definition) is 4. The lowest BCUT2D eigenvalue weighted by atomic mass is 10.1. The minimum atomic E-state index is -0.712. The highest BCUT2D eigenvalue weighted by Gasteiger charge is 2.19. The molecular weight excluding hydrogens is 247 g/mol. The highest BCUT2D eigenvalue weighted by molar-refractivity contribution is 5.95. The highest BCUT2D eigenvalue weighted by atomic mass is 19.1. The zero-order chi connectivity index (χ0) is 13.7. The second-order valence-electron chi connectivity index (χ2n) is 4.83. The molecule has 0 radical (unpaired) electrons. The Balaban J connectivity index is 2.06. The zero-order valence-electron chi connectivity index (χ0n) is 10.8. The molecule has 1 aromatic rings. The molecule has 1 amide bonds. The molecule has 0 unspecified atom stereocenters. The quantitative estimate of drug-likeness (QED) is 0.444. The van der Waals surface area contributed by atoms with E-state index in [1.807, 2.05) is 0 Å². The van der Waals surface area contributed by atoms with E-state index in [1.165, 1.54) is 25.1 Å². The predicted molar refractivity (Wildman–Crippen MR) is 71.0 cm³/mol. The molecule has 0 saturated heterocycles. The Labute approximate surface area is 111 Å². The SMILES string of the molecule is NNc1nccc(C(=O)NC2CCCCCC2)c1F. The molecule has 6 heteroatoms. The molecule has 19 heavy (non-hydrogen) atoms. The summed E-state index contributed by atoms with van der Waals surface area (Å²) in [5.74, 6) is 3.91. The topological polar surface area (TPSA) is 80.0 Å². The number of rotatable bonds is 3. The normalized spacial score (nSPS) is 16.7. The van der Waals surface area contributed by atoms with Crippen molar-refractivity contribution in [2.75, 3.05) is 5.43 Å². The van der Waals surface area contributed by atoms with Crippen molar-refractivity contribution in [2.45, 2.75) is 44.6 Å². The van der Waals surface area contributed by atoms with Crippen molar-refractivity contribution in [3.63, 3.8) is 0 Å². The number of halogens is 1. The lowest BCUT2D eigenvalue weighted by Crippen LogP contribution is -2.35. The first-order valence-electron chi connectivity index (χ1n) is 6.64. The number of nitrogens with one attached hydrogen (secondary N) is 2. The molecule has 0 bridgehead atoms. The standard InChI is InChI=1S/C13H19FN4O/c14-11-10(7-8-16-12(11)18-15)13(19)17-9-5-3-1-2-4-6-9/h7-9H,1-6,15H2,(H,16,18)(H,17,19). The van der Waals surface area contributed by atoms with E-state index in [9.17, 15) is 9.18 Å². The van der Waals surface area contributed by atoms with Crippen molar-refractivity contribution in [2.24, 2.45) is 5.84 Å². The van der Waals surface area contributed by atoms with Crippen molar-refractivity contribution in [3.05, 3.63) is 23.6 Å². The Morgan fingerprint density at radius 3 is 2.63 bits per heavy atom. The summed E-state index contributed by atoms with van der Waals surface area (Å²) in [5.41, 5.74) is 2.12. The van der Waals surface area contributed by atoms with E-state index in [4.69, 9.17) is 5.84 Å². The fourth-order valence-corrected chi connectivity index (χ4v) is 2.41. The Morgan fingerprint density at radius 1 is 1.32 bits per heavy atom. The summed E-state index contributed by atoms with van der Waals surface area (Å²) in [4.78, 5) is 15.8. The van der Waals surface area contributed by atoms with Gasteiger partial charge in [-0.25, -0.2) is 15.2 Å². The first kappa shape index (κ1) is 13.7. The maximum absolute atomic E-state index is 13.9. The summed E-state index contributed by atoms with van der Waals surface area (Å²) in [6.07, 6.45) is 7.91. The van der Waals surface area contributed by atoms with Gasteiger partial charge in [-0.05, 0) is 18.9 Å². The number of nitrogens with two attached hydrogens (primary N) is 1. The largest absolute Gasteiger partial charge is 0.349 e. The lowest BCUT2D eigenvalue weighted by Gasteiger charge is -2.16. The van der Waals surface area contributed by atoms with Crippen LogP contribution in [0.15, 0.2) is 12.3 Å². The van der Waals surface area contributed by atoms with Gasteiger partial charge in [0, 0.05) is 12.2 Å². The summed E-state index contributed by atoms with van der Waals surface area (Å²) in [7, 11) is 0. The van der Waals surface area contributed by atoms with E-state index < -0.39 is 11.7 Å². The fourth-order valence-electron chi connectivity index (χ4n) is 2.41. The maximum atomic E-state index is 13.9. The molecular formula is C13H19FN4O. The molecule has 104 valence electrons. The molecule has 4 N–H and O–H groups in total. The zero-order valence-corrected chi connectivity index (χ0v) is 10.8. The molecule has 0 spiro atoms. The van der Waals surface area contributed by atoms with Crippen LogP contribution in [0.4, 0.5) is 10.2 Å². The summed E-state index contributed by atoms with van der Waals surface area (Å²) in [6, 6.07) is 1.50. The van der Waals surface area contributed by atoms with Crippen molar-refractivity contribution < 1.29 is 9.18 Å². The van der Waals surface area contributed by atoms with Crippen LogP contribution in [0.25, 0.3) is 0 Å². The molecule has 1 aliphatic carbocycles. The summed E-state index contributed by atoms with van der Waals surface area (Å²) in [5, 5.41) is 2.89. The van der Waals surface area contributed by atoms with Gasteiger partial charge in [-0.3, -0.25) is 4.79 Å². The van der Waals surface area contributed by atoms with E-state index in [0.29, 0.717) is 0 Å². The van der Waals surface area contributed by atoms with E-state index >= 15 is 0 Å². The molecule has 1 fully saturated rings. The van der Waals surface area contributed by atoms with Gasteiger partial charge < -0.3 is 10.7 Å². The van der Waals surface area contributed by atoms with Crippen LogP contribution in [0.5, 0.6) is 0 Å². The van der Waals surface area contributed by atoms with Gasteiger partial charge in [0.15, 0.2) is 11.6 Å². The number of nitrogen functional groups attached to an aromatic ring is 1. The van der Waals surface area contributed by atoms with Crippen LogP contribution < -0.4 is 16.6 Å². The third kappa shape index (κ3) is 3.41. The predicted octanol–water partition coefficient (Wildman–Crippen LogP) is 1.96. The van der Waals surface area contributed by atoms with Crippen LogP contribution in [0.2, 0.25) is 0 Å². The van der Waals surface area contributed by atoms with Crippen LogP contribution in [-0.4, -0.2) is 16.9 Å². The van der Waals surface area contributed by atoms with Gasteiger partial charge in [-0.1, -0.05) is 25.7 Å². The number of aromatic nitrogens is 1. The van der Waals surface area contributed by atoms with Crippen LogP contribution in [0, 0.1) is 5.82 Å². The Bertz CT molecular complexity index is 444. The number of nitrogens with zero attached hydrogens (tertiary/aromatic N) is 1. The molecule has 5 nitrogen and oxygen atoms in total. The van der Waals surface area contributed by atoms with Crippen molar-refractivity contribution in [3.8, 4) is 0 Å². The second-order valence-corrected chi connectivity index (χ2v) is 4.83. The van der Waals surface area contributed by atoms with E-state index in [-0.39, 0.29) is 17.4 Å². The van der Waals surface area contributed by atoms with Crippen LogP contribution in [0.1, 0.15) is 48.9 Å². The first-order valence-corrected chi connectivity index (χ1v) is 6.64. The Hall–Kier alpha value is -1.69. The third-order valence-electron chi connectivity index (χ3n) is 3.46. The average molecular weight is 266 g/mol. The average Bonchev–Trinajstić information content (AvgIpc) is 2.67. The van der Waals surface area contributed by atoms with Gasteiger partial charge in [-0.15, -0.1) is 0 Å². The van der Waals surface area contributed by atoms with Crippen LogP contribution in [-0.2, 0) is 0 Å². The smallest absolute Gasteiger partial charge is 0.254 e. The second kappa shape index (κ2) is 6.47. The van der Waals surface area contributed by atoms with Gasteiger partial charge in [0.05, 0.1) is 5.56 Å². The van der Waals surface area contributed by atoms with E-state index in [0.717, 1.165) is 25.7 Å². The summed E-state index contributed by atoms with van der Waals surface area (Å²) >= 11 is 0. The molecule has 1 aromatic heterocycles. The van der Waals surface area contributed by atoms with Crippen LogP contribution in [0.3, 0.4) is 0 Å². The number of hydrazine groups is 1. The minimum Gasteiger partial charge on any atom is -0.349 e. The van der Waals surface area contributed by atoms with Crippen molar-refractivity contribution in [1.29, 1.82) is 0 Å². The third-order valence-corrected chi connectivity index (χ3v) is 3.46. The summed E-state index contributed by atoms with van der Waals surface area (Å²) in [6.45, 7) is 0. The molecule has 0 aromatic carbocycles. The van der Waals surface area contributed by atoms with Gasteiger partial charge in [0.1, 0.15) is 0 Å². The number of amides is 1. The molecule has 1 aliphatic rings. The number of anilines is 1. The first-order chi connectivity index (χ1) is 9.22. The Kier molecular flexibility index (Phi) is 4.68. The minimum absolute atomic E-state index is 0.0211. The fraction of sp³-hybridized carbons (Fsp3) is 0.538. The lowest BCUT2D eigenvalue weighted by molar-refractivity contribution is 0.0929. The molecule has 0 atom stereocenters. The monoisotopic (exact) mass is 266 g/mol. The number of pyridine rings is 1. The molecule has 0 aliphatic heterocycles.